The Bertz CT molecular complexity index is 1500. The van der Waals surface area contributed by atoms with Crippen LogP contribution in [0.15, 0.2) is 116 Å². The summed E-state index contributed by atoms with van der Waals surface area (Å²) in [5.41, 5.74) is 5.16. The molecule has 1 aliphatic heterocycles. The van der Waals surface area contributed by atoms with Crippen LogP contribution in [0.4, 0.5) is 5.69 Å². The van der Waals surface area contributed by atoms with Crippen molar-refractivity contribution in [3.8, 4) is 17.2 Å². The molecule has 0 spiro atoms. The SMILES string of the molecule is Cc1ccc(Oc2ccc(N3C(=S)NC(c4ccccn4)C3c3cccn3-c3cccnc3)cc2)cc1. The molecule has 6 nitrogen and oxygen atoms in total. The number of ether oxygens (including phenoxy) is 1. The molecule has 0 radical (unpaired) electrons. The lowest BCUT2D eigenvalue weighted by atomic mass is 10.0. The number of benzene rings is 2. The van der Waals surface area contributed by atoms with E-state index in [4.69, 9.17) is 17.0 Å². The van der Waals surface area contributed by atoms with Gasteiger partial charge < -0.3 is 19.5 Å². The van der Waals surface area contributed by atoms with Gasteiger partial charge in [0.2, 0.25) is 0 Å². The maximum absolute atomic E-state index is 6.06. The number of pyridine rings is 2. The average molecular weight is 504 g/mol. The monoisotopic (exact) mass is 503 g/mol. The summed E-state index contributed by atoms with van der Waals surface area (Å²) in [5, 5.41) is 4.18. The van der Waals surface area contributed by atoms with Gasteiger partial charge in [-0.3, -0.25) is 9.97 Å². The first-order valence-electron chi connectivity index (χ1n) is 12.1. The van der Waals surface area contributed by atoms with Crippen molar-refractivity contribution in [3.05, 3.63) is 133 Å². The normalized spacial score (nSPS) is 17.0. The molecule has 0 saturated carbocycles. The molecule has 1 N–H and O–H groups in total. The second-order valence-corrected chi connectivity index (χ2v) is 9.31. The van der Waals surface area contributed by atoms with Gasteiger partial charge in [-0.25, -0.2) is 0 Å². The number of aromatic nitrogens is 3. The van der Waals surface area contributed by atoms with E-state index < -0.39 is 0 Å². The van der Waals surface area contributed by atoms with Gasteiger partial charge in [0.15, 0.2) is 5.11 Å². The molecular formula is C30H25N5OS. The molecule has 0 amide bonds. The Morgan fingerprint density at radius 1 is 0.811 bits per heavy atom. The maximum Gasteiger partial charge on any atom is 0.174 e. The zero-order valence-corrected chi connectivity index (χ0v) is 21.0. The number of nitrogens with zero attached hydrogens (tertiary/aromatic N) is 4. The predicted molar refractivity (Wildman–Crippen MR) is 149 cm³/mol. The predicted octanol–water partition coefficient (Wildman–Crippen LogP) is 6.55. The van der Waals surface area contributed by atoms with Crippen molar-refractivity contribution in [2.45, 2.75) is 19.0 Å². The maximum atomic E-state index is 6.06. The topological polar surface area (TPSA) is 55.2 Å². The van der Waals surface area contributed by atoms with Crippen LogP contribution in [0.1, 0.15) is 29.0 Å². The first-order valence-corrected chi connectivity index (χ1v) is 12.5. The first-order chi connectivity index (χ1) is 18.2. The summed E-state index contributed by atoms with van der Waals surface area (Å²) in [6, 6.07) is 29.9. The molecule has 2 atom stereocenters. The minimum Gasteiger partial charge on any atom is -0.457 e. The van der Waals surface area contributed by atoms with Gasteiger partial charge in [-0.1, -0.05) is 23.8 Å². The van der Waals surface area contributed by atoms with E-state index in [9.17, 15) is 0 Å². The van der Waals surface area contributed by atoms with Crippen molar-refractivity contribution < 1.29 is 4.74 Å². The molecule has 5 aromatic rings. The van der Waals surface area contributed by atoms with Gasteiger partial charge in [-0.15, -0.1) is 0 Å². The fraction of sp³-hybridized carbons (Fsp3) is 0.100. The number of nitrogens with one attached hydrogen (secondary N) is 1. The molecule has 1 fully saturated rings. The molecule has 4 heterocycles. The summed E-state index contributed by atoms with van der Waals surface area (Å²) >= 11 is 5.89. The van der Waals surface area contributed by atoms with Crippen LogP contribution in [0.2, 0.25) is 0 Å². The lowest BCUT2D eigenvalue weighted by molar-refractivity contribution is 0.482. The number of hydrogen-bond acceptors (Lipinski definition) is 4. The van der Waals surface area contributed by atoms with Crippen LogP contribution in [0.25, 0.3) is 5.69 Å². The van der Waals surface area contributed by atoms with E-state index in [1.807, 2.05) is 85.2 Å². The Hall–Kier alpha value is -4.49. The lowest BCUT2D eigenvalue weighted by Gasteiger charge is -2.29. The smallest absolute Gasteiger partial charge is 0.174 e. The quantitative estimate of drug-likeness (QED) is 0.265. The Morgan fingerprint density at radius 2 is 1.59 bits per heavy atom. The number of hydrogen-bond donors (Lipinski definition) is 1. The van der Waals surface area contributed by atoms with E-state index in [1.54, 1.807) is 6.20 Å². The molecule has 7 heteroatoms. The Balaban J connectivity index is 1.38. The molecule has 0 bridgehead atoms. The molecule has 6 rings (SSSR count). The number of anilines is 1. The first kappa shape index (κ1) is 22.9. The molecule has 1 saturated heterocycles. The van der Waals surface area contributed by atoms with Gasteiger partial charge in [0.1, 0.15) is 17.5 Å². The van der Waals surface area contributed by atoms with Gasteiger partial charge in [0, 0.05) is 30.0 Å². The lowest BCUT2D eigenvalue weighted by Crippen LogP contribution is -2.30. The highest BCUT2D eigenvalue weighted by Gasteiger charge is 2.42. The van der Waals surface area contributed by atoms with Crippen LogP contribution in [0.5, 0.6) is 11.5 Å². The second kappa shape index (κ2) is 9.87. The standard InChI is InChI=1S/C30H25N5OS/c1-21-9-13-24(14-10-21)36-25-15-11-22(12-16-25)35-29(28(33-30(35)37)26-7-2-3-18-32-26)27-8-5-19-34(27)23-6-4-17-31-20-23/h2-20,28-29H,1H3,(H,33,37). The van der Waals surface area contributed by atoms with Crippen LogP contribution in [0, 0.1) is 6.92 Å². The van der Waals surface area contributed by atoms with E-state index in [0.29, 0.717) is 5.11 Å². The zero-order valence-electron chi connectivity index (χ0n) is 20.2. The van der Waals surface area contributed by atoms with Gasteiger partial charge >= 0.3 is 0 Å². The van der Waals surface area contributed by atoms with Crippen LogP contribution in [-0.4, -0.2) is 19.6 Å². The minimum atomic E-state index is -0.138. The highest BCUT2D eigenvalue weighted by molar-refractivity contribution is 7.80. The van der Waals surface area contributed by atoms with E-state index in [1.165, 1.54) is 5.56 Å². The summed E-state index contributed by atoms with van der Waals surface area (Å²) in [6.45, 7) is 2.06. The van der Waals surface area contributed by atoms with Crippen molar-refractivity contribution in [1.29, 1.82) is 0 Å². The van der Waals surface area contributed by atoms with Gasteiger partial charge in [0.25, 0.3) is 0 Å². The molecule has 0 aliphatic carbocycles. The van der Waals surface area contributed by atoms with E-state index in [-0.39, 0.29) is 12.1 Å². The molecule has 3 aromatic heterocycles. The zero-order chi connectivity index (χ0) is 25.2. The van der Waals surface area contributed by atoms with Crippen molar-refractivity contribution in [2.24, 2.45) is 0 Å². The number of rotatable bonds is 6. The highest BCUT2D eigenvalue weighted by Crippen LogP contribution is 2.42. The molecule has 1 aliphatic rings. The van der Waals surface area contributed by atoms with Crippen molar-refractivity contribution in [2.75, 3.05) is 4.90 Å². The van der Waals surface area contributed by atoms with Crippen LogP contribution < -0.4 is 15.0 Å². The van der Waals surface area contributed by atoms with E-state index >= 15 is 0 Å². The Kier molecular flexibility index (Phi) is 6.12. The summed E-state index contributed by atoms with van der Waals surface area (Å²) in [5.74, 6) is 1.57. The third-order valence-corrected chi connectivity index (χ3v) is 6.79. The third kappa shape index (κ3) is 4.57. The van der Waals surface area contributed by atoms with Crippen molar-refractivity contribution in [1.82, 2.24) is 19.9 Å². The molecule has 2 aromatic carbocycles. The molecule has 2 unspecified atom stereocenters. The summed E-state index contributed by atoms with van der Waals surface area (Å²) < 4.78 is 8.21. The molecular weight excluding hydrogens is 478 g/mol. The van der Waals surface area contributed by atoms with E-state index in [0.717, 1.165) is 34.3 Å². The molecule has 182 valence electrons. The number of thiocarbonyl (C=S) groups is 1. The summed E-state index contributed by atoms with van der Waals surface area (Å²) in [7, 11) is 0. The average Bonchev–Trinajstić information content (AvgIpc) is 3.56. The van der Waals surface area contributed by atoms with Crippen molar-refractivity contribution in [3.63, 3.8) is 0 Å². The van der Waals surface area contributed by atoms with E-state index in [2.05, 4.69) is 56.1 Å². The largest absolute Gasteiger partial charge is 0.457 e. The fourth-order valence-electron chi connectivity index (χ4n) is 4.72. The van der Waals surface area contributed by atoms with Crippen LogP contribution >= 0.6 is 12.2 Å². The van der Waals surface area contributed by atoms with Gasteiger partial charge in [0.05, 0.1) is 23.6 Å². The summed E-state index contributed by atoms with van der Waals surface area (Å²) in [4.78, 5) is 11.1. The van der Waals surface area contributed by atoms with Gasteiger partial charge in [-0.2, -0.15) is 0 Å². The number of aryl methyl sites for hydroxylation is 1. The molecule has 37 heavy (non-hydrogen) atoms. The Labute approximate surface area is 221 Å². The van der Waals surface area contributed by atoms with Crippen LogP contribution in [-0.2, 0) is 0 Å². The van der Waals surface area contributed by atoms with Gasteiger partial charge in [-0.05, 0) is 91.9 Å². The Morgan fingerprint density at radius 3 is 2.30 bits per heavy atom. The van der Waals surface area contributed by atoms with Crippen molar-refractivity contribution >= 4 is 23.0 Å². The highest BCUT2D eigenvalue weighted by atomic mass is 32.1. The third-order valence-electron chi connectivity index (χ3n) is 6.48. The second-order valence-electron chi connectivity index (χ2n) is 8.92. The summed E-state index contributed by atoms with van der Waals surface area (Å²) in [6.07, 6.45) is 7.51. The fourth-order valence-corrected chi connectivity index (χ4v) is 5.06. The minimum absolute atomic E-state index is 0.137. The van der Waals surface area contributed by atoms with Crippen LogP contribution in [0.3, 0.4) is 0 Å².